The number of aromatic nitrogens is 2. The van der Waals surface area contributed by atoms with Gasteiger partial charge in [-0.15, -0.1) is 0 Å². The van der Waals surface area contributed by atoms with Crippen molar-refractivity contribution in [3.63, 3.8) is 0 Å². The van der Waals surface area contributed by atoms with Crippen LogP contribution in [0, 0.1) is 0 Å². The average Bonchev–Trinajstić information content (AvgIpc) is 2.69. The molecular weight excluding hydrogens is 334 g/mol. The summed E-state index contributed by atoms with van der Waals surface area (Å²) in [5.41, 5.74) is 0.674. The minimum Gasteiger partial charge on any atom is -0.494 e. The molecule has 0 radical (unpaired) electrons. The molecule has 1 fully saturated rings. The molecule has 2 heterocycles. The molecule has 0 unspecified atom stereocenters. The van der Waals surface area contributed by atoms with Gasteiger partial charge >= 0.3 is 6.01 Å². The van der Waals surface area contributed by atoms with Crippen molar-refractivity contribution >= 4 is 5.91 Å². The lowest BCUT2D eigenvalue weighted by Crippen LogP contribution is -2.41. The van der Waals surface area contributed by atoms with Crippen LogP contribution in [-0.2, 0) is 0 Å². The fourth-order valence-electron chi connectivity index (χ4n) is 2.88. The van der Waals surface area contributed by atoms with Gasteiger partial charge in [-0.3, -0.25) is 4.79 Å². The van der Waals surface area contributed by atoms with Crippen molar-refractivity contribution < 1.29 is 19.0 Å². The predicted octanol–water partition coefficient (Wildman–Crippen LogP) is 2.57. The summed E-state index contributed by atoms with van der Waals surface area (Å²) in [7, 11) is 1.52. The predicted molar refractivity (Wildman–Crippen MR) is 95.7 cm³/mol. The fraction of sp³-hybridized carbons (Fsp3) is 0.421. The summed E-state index contributed by atoms with van der Waals surface area (Å²) in [5, 5.41) is 0. The lowest BCUT2D eigenvalue weighted by Gasteiger charge is -2.32. The van der Waals surface area contributed by atoms with Gasteiger partial charge in [0.1, 0.15) is 11.9 Å². The summed E-state index contributed by atoms with van der Waals surface area (Å²) in [4.78, 5) is 22.6. The summed E-state index contributed by atoms with van der Waals surface area (Å²) in [6.45, 7) is 3.85. The molecule has 26 heavy (non-hydrogen) atoms. The van der Waals surface area contributed by atoms with Crippen LogP contribution in [-0.4, -0.2) is 53.7 Å². The highest BCUT2D eigenvalue weighted by molar-refractivity contribution is 5.94. The van der Waals surface area contributed by atoms with E-state index in [1.807, 2.05) is 36.1 Å². The molecule has 2 aromatic rings. The molecule has 1 amide bonds. The van der Waals surface area contributed by atoms with Gasteiger partial charge in [0, 0.05) is 43.8 Å². The van der Waals surface area contributed by atoms with Crippen LogP contribution in [0.2, 0.25) is 0 Å². The number of benzene rings is 1. The van der Waals surface area contributed by atoms with Crippen molar-refractivity contribution in [2.45, 2.75) is 25.9 Å². The molecule has 0 spiro atoms. The van der Waals surface area contributed by atoms with Gasteiger partial charge in [-0.25, -0.2) is 4.98 Å². The van der Waals surface area contributed by atoms with Gasteiger partial charge in [-0.2, -0.15) is 4.98 Å². The summed E-state index contributed by atoms with van der Waals surface area (Å²) in [6, 6.07) is 9.27. The number of piperidine rings is 1. The molecule has 138 valence electrons. The van der Waals surface area contributed by atoms with Gasteiger partial charge in [-0.05, 0) is 31.2 Å². The number of carbonyl (C=O) groups is 1. The topological polar surface area (TPSA) is 73.8 Å². The van der Waals surface area contributed by atoms with E-state index in [0.29, 0.717) is 31.1 Å². The SMILES string of the molecule is CCOc1ccc(C(=O)N2CCC(Oc3ccnc(OC)n3)CC2)cc1. The Kier molecular flexibility index (Phi) is 5.88. The zero-order chi connectivity index (χ0) is 18.4. The van der Waals surface area contributed by atoms with Crippen LogP contribution in [0.1, 0.15) is 30.1 Å². The molecule has 1 saturated heterocycles. The van der Waals surface area contributed by atoms with E-state index in [-0.39, 0.29) is 18.0 Å². The number of rotatable bonds is 6. The van der Waals surface area contributed by atoms with Crippen molar-refractivity contribution in [1.29, 1.82) is 0 Å². The monoisotopic (exact) mass is 357 g/mol. The van der Waals surface area contributed by atoms with E-state index in [4.69, 9.17) is 14.2 Å². The maximum absolute atomic E-state index is 12.6. The lowest BCUT2D eigenvalue weighted by molar-refractivity contribution is 0.0586. The van der Waals surface area contributed by atoms with Gasteiger partial charge in [0.15, 0.2) is 0 Å². The van der Waals surface area contributed by atoms with E-state index in [0.717, 1.165) is 18.6 Å². The van der Waals surface area contributed by atoms with Gasteiger partial charge in [0.25, 0.3) is 5.91 Å². The van der Waals surface area contributed by atoms with Crippen LogP contribution in [0.3, 0.4) is 0 Å². The first-order valence-electron chi connectivity index (χ1n) is 8.75. The van der Waals surface area contributed by atoms with E-state index in [2.05, 4.69) is 9.97 Å². The Morgan fingerprint density at radius 3 is 2.58 bits per heavy atom. The highest BCUT2D eigenvalue weighted by atomic mass is 16.5. The highest BCUT2D eigenvalue weighted by Crippen LogP contribution is 2.20. The number of ether oxygens (including phenoxy) is 3. The van der Waals surface area contributed by atoms with Gasteiger partial charge in [0.2, 0.25) is 5.88 Å². The molecule has 0 saturated carbocycles. The lowest BCUT2D eigenvalue weighted by atomic mass is 10.1. The highest BCUT2D eigenvalue weighted by Gasteiger charge is 2.25. The minimum atomic E-state index is 0.0268. The smallest absolute Gasteiger partial charge is 0.319 e. The van der Waals surface area contributed by atoms with E-state index < -0.39 is 0 Å². The molecule has 0 aliphatic carbocycles. The van der Waals surface area contributed by atoms with E-state index in [1.54, 1.807) is 12.3 Å². The molecule has 1 aromatic heterocycles. The second-order valence-electron chi connectivity index (χ2n) is 5.95. The number of nitrogens with zero attached hydrogens (tertiary/aromatic N) is 3. The van der Waals surface area contributed by atoms with Gasteiger partial charge in [-0.1, -0.05) is 0 Å². The van der Waals surface area contributed by atoms with E-state index in [9.17, 15) is 4.79 Å². The molecule has 0 atom stereocenters. The number of methoxy groups -OCH3 is 1. The van der Waals surface area contributed by atoms with Crippen LogP contribution in [0.15, 0.2) is 36.5 Å². The summed E-state index contributed by atoms with van der Waals surface area (Å²) < 4.78 is 16.3. The van der Waals surface area contributed by atoms with E-state index >= 15 is 0 Å². The van der Waals surface area contributed by atoms with Crippen LogP contribution < -0.4 is 14.2 Å². The largest absolute Gasteiger partial charge is 0.494 e. The maximum Gasteiger partial charge on any atom is 0.319 e. The molecular formula is C19H23N3O4. The fourth-order valence-corrected chi connectivity index (χ4v) is 2.88. The van der Waals surface area contributed by atoms with Crippen molar-refractivity contribution in [1.82, 2.24) is 14.9 Å². The number of amides is 1. The third kappa shape index (κ3) is 4.41. The third-order valence-corrected chi connectivity index (χ3v) is 4.22. The maximum atomic E-state index is 12.6. The number of hydrogen-bond donors (Lipinski definition) is 0. The molecule has 1 aliphatic heterocycles. The standard InChI is InChI=1S/C19H23N3O4/c1-3-25-15-6-4-14(5-7-15)18(23)22-12-9-16(10-13-22)26-17-8-11-20-19(21-17)24-2/h4-8,11,16H,3,9-10,12-13H2,1-2H3. The Bertz CT molecular complexity index is 728. The summed E-state index contributed by atoms with van der Waals surface area (Å²) in [6.07, 6.45) is 3.15. The van der Waals surface area contributed by atoms with Crippen LogP contribution in [0.25, 0.3) is 0 Å². The zero-order valence-corrected chi connectivity index (χ0v) is 15.1. The van der Waals surface area contributed by atoms with Crippen molar-refractivity contribution in [3.8, 4) is 17.6 Å². The Morgan fingerprint density at radius 1 is 1.19 bits per heavy atom. The first-order valence-corrected chi connectivity index (χ1v) is 8.75. The van der Waals surface area contributed by atoms with Crippen LogP contribution in [0.4, 0.5) is 0 Å². The van der Waals surface area contributed by atoms with Crippen molar-refractivity contribution in [2.75, 3.05) is 26.8 Å². The third-order valence-electron chi connectivity index (χ3n) is 4.22. The molecule has 7 nitrogen and oxygen atoms in total. The molecule has 7 heteroatoms. The number of carbonyl (C=O) groups excluding carboxylic acids is 1. The molecule has 0 N–H and O–H groups in total. The second-order valence-corrected chi connectivity index (χ2v) is 5.95. The molecule has 1 aromatic carbocycles. The Labute approximate surface area is 152 Å². The number of likely N-dealkylation sites (tertiary alicyclic amines) is 1. The normalized spacial score (nSPS) is 14.8. The average molecular weight is 357 g/mol. The Morgan fingerprint density at radius 2 is 1.92 bits per heavy atom. The Balaban J connectivity index is 1.53. The Hall–Kier alpha value is -2.83. The quantitative estimate of drug-likeness (QED) is 0.791. The van der Waals surface area contributed by atoms with Crippen molar-refractivity contribution in [2.24, 2.45) is 0 Å². The molecule has 1 aliphatic rings. The zero-order valence-electron chi connectivity index (χ0n) is 15.1. The molecule has 0 bridgehead atoms. The minimum absolute atomic E-state index is 0.0268. The summed E-state index contributed by atoms with van der Waals surface area (Å²) in [5.74, 6) is 1.31. The number of hydrogen-bond acceptors (Lipinski definition) is 6. The molecule has 3 rings (SSSR count). The first kappa shape index (κ1) is 18.0. The van der Waals surface area contributed by atoms with Crippen LogP contribution >= 0.6 is 0 Å². The van der Waals surface area contributed by atoms with Crippen molar-refractivity contribution in [3.05, 3.63) is 42.1 Å². The second kappa shape index (κ2) is 8.51. The summed E-state index contributed by atoms with van der Waals surface area (Å²) >= 11 is 0. The van der Waals surface area contributed by atoms with Crippen LogP contribution in [0.5, 0.6) is 17.6 Å². The van der Waals surface area contributed by atoms with Gasteiger partial charge < -0.3 is 19.1 Å². The first-order chi connectivity index (χ1) is 12.7. The van der Waals surface area contributed by atoms with E-state index in [1.165, 1.54) is 7.11 Å². The van der Waals surface area contributed by atoms with Gasteiger partial charge in [0.05, 0.1) is 13.7 Å².